The molecule has 1 saturated carbocycles. The van der Waals surface area contributed by atoms with Crippen molar-refractivity contribution >= 4 is 12.6 Å². The van der Waals surface area contributed by atoms with E-state index in [1.807, 2.05) is 6.92 Å². The summed E-state index contributed by atoms with van der Waals surface area (Å²) in [6.45, 7) is 9.60. The number of aliphatic hydroxyl groups excluding tert-OH is 2. The van der Waals surface area contributed by atoms with Gasteiger partial charge >= 0.3 is 0 Å². The van der Waals surface area contributed by atoms with E-state index in [1.54, 1.807) is 13.0 Å². The second-order valence-corrected chi connectivity index (χ2v) is 8.00. The Kier molecular flexibility index (Phi) is 5.50. The highest BCUT2D eigenvalue weighted by Gasteiger charge is 2.64. The zero-order chi connectivity index (χ0) is 18.1. The van der Waals surface area contributed by atoms with Crippen molar-refractivity contribution in [2.24, 2.45) is 22.7 Å². The quantitative estimate of drug-likeness (QED) is 0.554. The van der Waals surface area contributed by atoms with Crippen molar-refractivity contribution in [3.8, 4) is 0 Å². The van der Waals surface area contributed by atoms with Crippen LogP contribution in [-0.4, -0.2) is 35.0 Å². The Bertz CT molecular complexity index is 552. The van der Waals surface area contributed by atoms with Crippen LogP contribution in [0, 0.1) is 22.7 Å². The molecule has 1 fully saturated rings. The van der Waals surface area contributed by atoms with Gasteiger partial charge in [0.1, 0.15) is 12.6 Å². The summed E-state index contributed by atoms with van der Waals surface area (Å²) in [6, 6.07) is 0. The maximum atomic E-state index is 12.3. The first-order chi connectivity index (χ1) is 11.2. The van der Waals surface area contributed by atoms with Crippen LogP contribution in [0.3, 0.4) is 0 Å². The summed E-state index contributed by atoms with van der Waals surface area (Å²) in [5.74, 6) is 0.170. The lowest BCUT2D eigenvalue weighted by Gasteiger charge is -2.50. The molecule has 0 aliphatic heterocycles. The second kappa shape index (κ2) is 6.93. The van der Waals surface area contributed by atoms with E-state index in [2.05, 4.69) is 13.5 Å². The monoisotopic (exact) mass is 334 g/mol. The van der Waals surface area contributed by atoms with Gasteiger partial charge in [-0.15, -0.1) is 0 Å². The molecule has 0 aromatic rings. The molecule has 0 spiro atoms. The Morgan fingerprint density at radius 1 is 1.46 bits per heavy atom. The summed E-state index contributed by atoms with van der Waals surface area (Å²) in [7, 11) is 0. The average molecular weight is 334 g/mol. The summed E-state index contributed by atoms with van der Waals surface area (Å²) in [6.07, 6.45) is 5.63. The third kappa shape index (κ3) is 2.70. The van der Waals surface area contributed by atoms with Crippen LogP contribution >= 0.6 is 0 Å². The van der Waals surface area contributed by atoms with Gasteiger partial charge in [-0.25, -0.2) is 0 Å². The van der Waals surface area contributed by atoms with Crippen LogP contribution in [-0.2, 0) is 9.59 Å². The molecule has 4 nitrogen and oxygen atoms in total. The molecule has 2 aliphatic rings. The smallest absolute Gasteiger partial charge is 0.146 e. The fourth-order valence-electron chi connectivity index (χ4n) is 5.00. The highest BCUT2D eigenvalue weighted by atomic mass is 16.3. The molecule has 2 aliphatic carbocycles. The van der Waals surface area contributed by atoms with Gasteiger partial charge in [-0.1, -0.05) is 32.1 Å². The molecule has 4 heteroatoms. The van der Waals surface area contributed by atoms with Gasteiger partial charge < -0.3 is 15.0 Å². The minimum Gasteiger partial charge on any atom is -0.392 e. The molecule has 24 heavy (non-hydrogen) atoms. The van der Waals surface area contributed by atoms with Gasteiger partial charge in [-0.05, 0) is 50.9 Å². The molecule has 0 aromatic heterocycles. The predicted octanol–water partition coefficient (Wildman–Crippen LogP) is 2.83. The molecule has 2 N–H and O–H groups in total. The highest BCUT2D eigenvalue weighted by molar-refractivity contribution is 5.86. The van der Waals surface area contributed by atoms with E-state index in [9.17, 15) is 19.8 Å². The Labute approximate surface area is 144 Å². The van der Waals surface area contributed by atoms with E-state index in [-0.39, 0.29) is 11.8 Å². The maximum Gasteiger partial charge on any atom is 0.146 e. The van der Waals surface area contributed by atoms with Crippen LogP contribution in [0.4, 0.5) is 0 Å². The summed E-state index contributed by atoms with van der Waals surface area (Å²) < 4.78 is 0. The number of rotatable bonds is 7. The summed E-state index contributed by atoms with van der Waals surface area (Å²) in [5, 5.41) is 20.6. The van der Waals surface area contributed by atoms with Crippen molar-refractivity contribution in [3.63, 3.8) is 0 Å². The Morgan fingerprint density at radius 3 is 2.67 bits per heavy atom. The topological polar surface area (TPSA) is 74.6 Å². The van der Waals surface area contributed by atoms with E-state index in [1.165, 1.54) is 0 Å². The van der Waals surface area contributed by atoms with E-state index >= 15 is 0 Å². The molecule has 0 unspecified atom stereocenters. The first-order valence-electron chi connectivity index (χ1n) is 8.88. The number of hydrogen-bond acceptors (Lipinski definition) is 4. The standard InChI is InChI=1S/C20H30O4/c1-13(2)17(23)7-5-14(3)16-9-10-19(4)18(24)8-6-15(11-21)20(16,19)12-22/h6,11-12,14,16-18,23-24H,1,5,7-10H2,2-4H3/t14-,16+,17+,18+,19+,20+/m1/s1. The number of aldehydes is 2. The SMILES string of the molecule is C=C(C)[C@@H](O)CC[C@@H](C)[C@@H]1CC[C@@]2(C)[C@@H](O)CC=C(C=O)[C@@]12C=O. The van der Waals surface area contributed by atoms with E-state index in [0.717, 1.165) is 37.4 Å². The Hall–Kier alpha value is -1.26. The number of allylic oxidation sites excluding steroid dienone is 1. The first-order valence-corrected chi connectivity index (χ1v) is 8.88. The zero-order valence-electron chi connectivity index (χ0n) is 15.0. The average Bonchev–Trinajstić information content (AvgIpc) is 2.88. The van der Waals surface area contributed by atoms with Gasteiger partial charge in [-0.2, -0.15) is 0 Å². The molecule has 0 bridgehead atoms. The van der Waals surface area contributed by atoms with Gasteiger partial charge in [0.05, 0.1) is 17.6 Å². The van der Waals surface area contributed by atoms with E-state index in [4.69, 9.17) is 0 Å². The third-order valence-corrected chi connectivity index (χ3v) is 6.74. The fraction of sp³-hybridized carbons (Fsp3) is 0.700. The molecule has 0 radical (unpaired) electrons. The van der Waals surface area contributed by atoms with E-state index < -0.39 is 23.0 Å². The van der Waals surface area contributed by atoms with Crippen LogP contribution < -0.4 is 0 Å². The zero-order valence-corrected chi connectivity index (χ0v) is 15.0. The van der Waals surface area contributed by atoms with E-state index in [0.29, 0.717) is 18.4 Å². The molecule has 134 valence electrons. The minimum atomic E-state index is -0.917. The minimum absolute atomic E-state index is 0.00345. The molecule has 0 heterocycles. The van der Waals surface area contributed by atoms with Crippen molar-refractivity contribution in [2.45, 2.75) is 65.1 Å². The number of fused-ring (bicyclic) bond motifs is 1. The van der Waals surface area contributed by atoms with Crippen LogP contribution in [0.15, 0.2) is 23.8 Å². The van der Waals surface area contributed by atoms with Crippen LogP contribution in [0.25, 0.3) is 0 Å². The van der Waals surface area contributed by atoms with Gasteiger partial charge in [0, 0.05) is 11.0 Å². The predicted molar refractivity (Wildman–Crippen MR) is 93.3 cm³/mol. The van der Waals surface area contributed by atoms with Crippen molar-refractivity contribution < 1.29 is 19.8 Å². The van der Waals surface area contributed by atoms with Crippen molar-refractivity contribution in [1.29, 1.82) is 0 Å². The van der Waals surface area contributed by atoms with Gasteiger partial charge in [0.25, 0.3) is 0 Å². The number of hydrogen-bond donors (Lipinski definition) is 2. The fourth-order valence-corrected chi connectivity index (χ4v) is 5.00. The molecular formula is C20H30O4. The summed E-state index contributed by atoms with van der Waals surface area (Å²) in [5.41, 5.74) is -0.240. The summed E-state index contributed by atoms with van der Waals surface area (Å²) in [4.78, 5) is 23.9. The molecule has 0 amide bonds. The maximum absolute atomic E-state index is 12.3. The van der Waals surface area contributed by atoms with Crippen molar-refractivity contribution in [3.05, 3.63) is 23.8 Å². The second-order valence-electron chi connectivity index (χ2n) is 8.00. The number of carbonyl (C=O) groups is 2. The summed E-state index contributed by atoms with van der Waals surface area (Å²) >= 11 is 0. The highest BCUT2D eigenvalue weighted by Crippen LogP contribution is 2.64. The normalized spacial score (nSPS) is 38.0. The lowest BCUT2D eigenvalue weighted by molar-refractivity contribution is -0.133. The van der Waals surface area contributed by atoms with Gasteiger partial charge in [-0.3, -0.25) is 4.79 Å². The molecule has 0 aromatic carbocycles. The van der Waals surface area contributed by atoms with Gasteiger partial charge in [0.15, 0.2) is 0 Å². The lowest BCUT2D eigenvalue weighted by atomic mass is 9.53. The van der Waals surface area contributed by atoms with Crippen LogP contribution in [0.1, 0.15) is 52.9 Å². The van der Waals surface area contributed by atoms with Crippen molar-refractivity contribution in [2.75, 3.05) is 0 Å². The third-order valence-electron chi connectivity index (χ3n) is 6.74. The lowest BCUT2D eigenvalue weighted by Crippen LogP contribution is -2.53. The number of carbonyl (C=O) groups excluding carboxylic acids is 2. The largest absolute Gasteiger partial charge is 0.392 e. The van der Waals surface area contributed by atoms with Crippen molar-refractivity contribution in [1.82, 2.24) is 0 Å². The molecule has 6 atom stereocenters. The van der Waals surface area contributed by atoms with Crippen LogP contribution in [0.2, 0.25) is 0 Å². The molecular weight excluding hydrogens is 304 g/mol. The number of aliphatic hydroxyl groups is 2. The first kappa shape index (κ1) is 19.1. The van der Waals surface area contributed by atoms with Crippen LogP contribution in [0.5, 0.6) is 0 Å². The Morgan fingerprint density at radius 2 is 2.12 bits per heavy atom. The van der Waals surface area contributed by atoms with Gasteiger partial charge in [0.2, 0.25) is 0 Å². The molecule has 0 saturated heterocycles. The molecule has 2 rings (SSSR count). The Balaban J connectivity index is 2.32.